The van der Waals surface area contributed by atoms with Gasteiger partial charge in [0.15, 0.2) is 0 Å². The van der Waals surface area contributed by atoms with Gasteiger partial charge in [0.05, 0.1) is 0 Å². The van der Waals surface area contributed by atoms with Crippen LogP contribution in [0.15, 0.2) is 42.3 Å². The molecular formula is C26H33NO2. The Hall–Kier alpha value is -1.90. The first-order valence-electron chi connectivity index (χ1n) is 11.4. The minimum absolute atomic E-state index is 0.0857. The van der Waals surface area contributed by atoms with Gasteiger partial charge in [-0.1, -0.05) is 37.6 Å². The Kier molecular flexibility index (Phi) is 4.49. The monoisotopic (exact) mass is 391 g/mol. The van der Waals surface area contributed by atoms with Crippen molar-refractivity contribution in [1.29, 1.82) is 0 Å². The maximum absolute atomic E-state index is 11.4. The summed E-state index contributed by atoms with van der Waals surface area (Å²) in [6, 6.07) is 4.30. The maximum atomic E-state index is 11.4. The summed E-state index contributed by atoms with van der Waals surface area (Å²) in [6.07, 6.45) is 17.1. The SMILES string of the molecule is CC(=O)O[C@@H]1CC[C@@]2(C)C(=CC[C@@H]3[C@@H]2CC[C@]2(C)C(c4cccnc4)=CC[C@@H]32)C1. The summed E-state index contributed by atoms with van der Waals surface area (Å²) in [5.74, 6) is 2.12. The highest BCUT2D eigenvalue weighted by atomic mass is 16.5. The minimum atomic E-state index is -0.138. The van der Waals surface area contributed by atoms with E-state index < -0.39 is 0 Å². The first-order chi connectivity index (χ1) is 13.9. The van der Waals surface area contributed by atoms with Crippen molar-refractivity contribution >= 4 is 11.5 Å². The Morgan fingerprint density at radius 1 is 1.10 bits per heavy atom. The van der Waals surface area contributed by atoms with Crippen LogP contribution in [0.1, 0.15) is 71.3 Å². The molecule has 0 N–H and O–H groups in total. The van der Waals surface area contributed by atoms with Crippen LogP contribution >= 0.6 is 0 Å². The second-order valence-corrected chi connectivity index (χ2v) is 10.3. The lowest BCUT2D eigenvalue weighted by molar-refractivity contribution is -0.148. The number of aromatic nitrogens is 1. The summed E-state index contributed by atoms with van der Waals surface area (Å²) in [4.78, 5) is 15.8. The highest BCUT2D eigenvalue weighted by Crippen LogP contribution is 2.66. The van der Waals surface area contributed by atoms with Crippen molar-refractivity contribution in [2.24, 2.45) is 28.6 Å². The average Bonchev–Trinajstić information content (AvgIpc) is 3.06. The fourth-order valence-electron chi connectivity index (χ4n) is 7.50. The summed E-state index contributed by atoms with van der Waals surface area (Å²) in [5, 5.41) is 0. The molecule has 0 bridgehead atoms. The van der Waals surface area contributed by atoms with Crippen molar-refractivity contribution in [3.05, 3.63) is 47.8 Å². The van der Waals surface area contributed by atoms with Crippen LogP contribution < -0.4 is 0 Å². The van der Waals surface area contributed by atoms with E-state index in [-0.39, 0.29) is 22.9 Å². The number of ether oxygens (including phenoxy) is 1. The van der Waals surface area contributed by atoms with Crippen molar-refractivity contribution in [2.45, 2.75) is 71.8 Å². The highest BCUT2D eigenvalue weighted by Gasteiger charge is 2.56. The lowest BCUT2D eigenvalue weighted by Crippen LogP contribution is -2.50. The van der Waals surface area contributed by atoms with Gasteiger partial charge in [-0.25, -0.2) is 0 Å². The largest absolute Gasteiger partial charge is 0.462 e. The van der Waals surface area contributed by atoms with Gasteiger partial charge in [0.1, 0.15) is 6.10 Å². The maximum Gasteiger partial charge on any atom is 0.302 e. The Balaban J connectivity index is 1.41. The number of hydrogen-bond donors (Lipinski definition) is 0. The molecule has 0 radical (unpaired) electrons. The Morgan fingerprint density at radius 2 is 1.93 bits per heavy atom. The third kappa shape index (κ3) is 2.92. The lowest BCUT2D eigenvalue weighted by atomic mass is 9.47. The highest BCUT2D eigenvalue weighted by molar-refractivity contribution is 5.72. The molecular weight excluding hydrogens is 358 g/mol. The number of carbonyl (C=O) groups is 1. The number of rotatable bonds is 2. The number of pyridine rings is 1. The van der Waals surface area contributed by atoms with Gasteiger partial charge in [-0.05, 0) is 84.3 Å². The van der Waals surface area contributed by atoms with E-state index in [1.54, 1.807) is 5.57 Å². The standard InChI is InChI=1S/C26H33NO2/c1-17(28)29-20-10-12-25(2)19(15-20)6-7-21-23-9-8-22(18-5-4-14-27-16-18)26(23,3)13-11-24(21)25/h4-6,8,14,16,20-21,23-24H,7,9-13,15H2,1-3H3/t20-,21+,23+,24+,25+,26-/m1/s1. The molecule has 4 aliphatic carbocycles. The molecule has 29 heavy (non-hydrogen) atoms. The zero-order valence-corrected chi connectivity index (χ0v) is 18.0. The summed E-state index contributed by atoms with van der Waals surface area (Å²) < 4.78 is 5.58. The van der Waals surface area contributed by atoms with Crippen LogP contribution in [0.4, 0.5) is 0 Å². The van der Waals surface area contributed by atoms with Crippen molar-refractivity contribution in [1.82, 2.24) is 4.98 Å². The van der Waals surface area contributed by atoms with Gasteiger partial charge in [0.2, 0.25) is 0 Å². The molecule has 0 unspecified atom stereocenters. The van der Waals surface area contributed by atoms with Gasteiger partial charge in [-0.2, -0.15) is 0 Å². The second-order valence-electron chi connectivity index (χ2n) is 10.3. The van der Waals surface area contributed by atoms with Gasteiger partial charge < -0.3 is 4.74 Å². The van der Waals surface area contributed by atoms with Crippen molar-refractivity contribution in [2.75, 3.05) is 0 Å². The van der Waals surface area contributed by atoms with Crippen molar-refractivity contribution in [3.8, 4) is 0 Å². The molecule has 0 aliphatic heterocycles. The van der Waals surface area contributed by atoms with Crippen LogP contribution in [0.25, 0.3) is 5.57 Å². The van der Waals surface area contributed by atoms with Crippen LogP contribution in [0.5, 0.6) is 0 Å². The van der Waals surface area contributed by atoms with E-state index in [0.29, 0.717) is 0 Å². The summed E-state index contributed by atoms with van der Waals surface area (Å²) >= 11 is 0. The third-order valence-electron chi connectivity index (χ3n) is 8.94. The smallest absolute Gasteiger partial charge is 0.302 e. The molecule has 2 fully saturated rings. The Bertz CT molecular complexity index is 872. The van der Waals surface area contributed by atoms with E-state index in [1.807, 2.05) is 12.4 Å². The van der Waals surface area contributed by atoms with Crippen LogP contribution in [0, 0.1) is 28.6 Å². The van der Waals surface area contributed by atoms with Crippen LogP contribution in [-0.4, -0.2) is 17.1 Å². The first kappa shape index (κ1) is 19.1. The van der Waals surface area contributed by atoms with E-state index in [4.69, 9.17) is 4.74 Å². The predicted octanol–water partition coefficient (Wildman–Crippen LogP) is 5.97. The molecule has 1 aromatic heterocycles. The topological polar surface area (TPSA) is 39.2 Å². The molecule has 0 aromatic carbocycles. The van der Waals surface area contributed by atoms with Crippen molar-refractivity contribution in [3.63, 3.8) is 0 Å². The summed E-state index contributed by atoms with van der Waals surface area (Å²) in [6.45, 7) is 6.56. The van der Waals surface area contributed by atoms with Gasteiger partial charge in [-0.15, -0.1) is 0 Å². The Morgan fingerprint density at radius 3 is 2.69 bits per heavy atom. The van der Waals surface area contributed by atoms with Crippen LogP contribution in [0.2, 0.25) is 0 Å². The lowest BCUT2D eigenvalue weighted by Gasteiger charge is -2.57. The molecule has 154 valence electrons. The number of carbonyl (C=O) groups excluding carboxylic acids is 1. The molecule has 1 heterocycles. The quantitative estimate of drug-likeness (QED) is 0.460. The molecule has 3 nitrogen and oxygen atoms in total. The number of allylic oxidation sites excluding steroid dienone is 3. The van der Waals surface area contributed by atoms with Gasteiger partial charge in [0.25, 0.3) is 0 Å². The van der Waals surface area contributed by atoms with Gasteiger partial charge in [0, 0.05) is 25.7 Å². The first-order valence-corrected chi connectivity index (χ1v) is 11.4. The third-order valence-corrected chi connectivity index (χ3v) is 8.94. The molecule has 1 aromatic rings. The molecule has 2 saturated carbocycles. The van der Waals surface area contributed by atoms with Crippen molar-refractivity contribution < 1.29 is 9.53 Å². The molecule has 4 aliphatic rings. The van der Waals surface area contributed by atoms with E-state index in [1.165, 1.54) is 43.7 Å². The van der Waals surface area contributed by atoms with E-state index >= 15 is 0 Å². The van der Waals surface area contributed by atoms with Crippen LogP contribution in [-0.2, 0) is 9.53 Å². The molecule has 3 heteroatoms. The molecule has 6 atom stereocenters. The van der Waals surface area contributed by atoms with Gasteiger partial charge >= 0.3 is 5.97 Å². The second kappa shape index (κ2) is 6.82. The van der Waals surface area contributed by atoms with E-state index in [0.717, 1.165) is 37.0 Å². The molecule has 0 saturated heterocycles. The molecule has 0 amide bonds. The summed E-state index contributed by atoms with van der Waals surface area (Å²) in [5.41, 5.74) is 4.99. The summed E-state index contributed by atoms with van der Waals surface area (Å²) in [7, 11) is 0. The average molecular weight is 392 g/mol. The predicted molar refractivity (Wildman–Crippen MR) is 115 cm³/mol. The fraction of sp³-hybridized carbons (Fsp3) is 0.615. The molecule has 5 rings (SSSR count). The fourth-order valence-corrected chi connectivity index (χ4v) is 7.50. The Labute approximate surface area is 174 Å². The number of hydrogen-bond acceptors (Lipinski definition) is 3. The zero-order chi connectivity index (χ0) is 20.2. The van der Waals surface area contributed by atoms with Crippen LogP contribution in [0.3, 0.4) is 0 Å². The van der Waals surface area contributed by atoms with Gasteiger partial charge in [-0.3, -0.25) is 9.78 Å². The number of fused-ring (bicyclic) bond motifs is 5. The molecule has 0 spiro atoms. The van der Waals surface area contributed by atoms with E-state index in [9.17, 15) is 4.79 Å². The number of nitrogens with zero attached hydrogens (tertiary/aromatic N) is 1. The minimum Gasteiger partial charge on any atom is -0.462 e. The number of esters is 1. The normalized spacial score (nSPS) is 40.8. The van der Waals surface area contributed by atoms with E-state index in [2.05, 4.69) is 43.1 Å². The zero-order valence-electron chi connectivity index (χ0n) is 18.0.